The lowest BCUT2D eigenvalue weighted by molar-refractivity contribution is -0.121. The highest BCUT2D eigenvalue weighted by Crippen LogP contribution is 2.43. The minimum Gasteiger partial charge on any atom is -0.352 e. The summed E-state index contributed by atoms with van der Waals surface area (Å²) in [5, 5.41) is 3.13. The molecule has 3 rings (SSSR count). The van der Waals surface area contributed by atoms with Crippen LogP contribution in [0.15, 0.2) is 61.0 Å². The van der Waals surface area contributed by atoms with Crippen molar-refractivity contribution >= 4 is 17.6 Å². The van der Waals surface area contributed by atoms with Gasteiger partial charge in [0.25, 0.3) is 0 Å². The van der Waals surface area contributed by atoms with E-state index in [0.717, 1.165) is 22.4 Å². The number of aryl methyl sites for hydroxylation is 1. The summed E-state index contributed by atoms with van der Waals surface area (Å²) in [4.78, 5) is 27.6. The predicted molar refractivity (Wildman–Crippen MR) is 109 cm³/mol. The second-order valence-corrected chi connectivity index (χ2v) is 6.82. The molecule has 2 heterocycles. The molecule has 0 spiro atoms. The Morgan fingerprint density at radius 2 is 1.96 bits per heavy atom. The van der Waals surface area contributed by atoms with Crippen LogP contribution in [-0.2, 0) is 10.2 Å². The minimum absolute atomic E-state index is 0.0491. The van der Waals surface area contributed by atoms with Gasteiger partial charge in [-0.3, -0.25) is 4.79 Å². The van der Waals surface area contributed by atoms with Crippen LogP contribution in [0.3, 0.4) is 0 Å². The van der Waals surface area contributed by atoms with Gasteiger partial charge in [0.15, 0.2) is 0 Å². The van der Waals surface area contributed by atoms with E-state index in [1.54, 1.807) is 23.4 Å². The molecule has 0 radical (unpaired) electrons. The molecule has 6 nitrogen and oxygen atoms in total. The van der Waals surface area contributed by atoms with Crippen molar-refractivity contribution in [2.75, 3.05) is 11.4 Å². The molecule has 138 valence electrons. The third kappa shape index (κ3) is 3.26. The van der Waals surface area contributed by atoms with Crippen molar-refractivity contribution in [2.24, 2.45) is 4.99 Å². The summed E-state index contributed by atoms with van der Waals surface area (Å²) in [6.45, 7) is 13.5. The maximum Gasteiger partial charge on any atom is 0.244 e. The fourth-order valence-corrected chi connectivity index (χ4v) is 3.11. The van der Waals surface area contributed by atoms with E-state index >= 15 is 0 Å². The summed E-state index contributed by atoms with van der Waals surface area (Å²) in [5.41, 5.74) is 2.91. The molecule has 0 aliphatic carbocycles. The molecular formula is C21H23N5O. The number of guanidine groups is 1. The quantitative estimate of drug-likeness (QED) is 0.515. The zero-order chi connectivity index (χ0) is 19.6. The fourth-order valence-electron chi connectivity index (χ4n) is 3.11. The van der Waals surface area contributed by atoms with Gasteiger partial charge in [-0.25, -0.2) is 19.9 Å². The Hall–Kier alpha value is -3.28. The summed E-state index contributed by atoms with van der Waals surface area (Å²) in [6, 6.07) is 5.96. The van der Waals surface area contributed by atoms with E-state index in [2.05, 4.69) is 33.4 Å². The third-order valence-electron chi connectivity index (χ3n) is 4.59. The number of nitrogens with zero attached hydrogens (tertiary/aromatic N) is 4. The third-order valence-corrected chi connectivity index (χ3v) is 4.59. The van der Waals surface area contributed by atoms with Gasteiger partial charge in [-0.1, -0.05) is 24.8 Å². The maximum atomic E-state index is 13.2. The average Bonchev–Trinajstić information content (AvgIpc) is 2.85. The van der Waals surface area contributed by atoms with Gasteiger partial charge in [0, 0.05) is 30.7 Å². The monoisotopic (exact) mass is 361 g/mol. The smallest absolute Gasteiger partial charge is 0.244 e. The number of carbonyl (C=O) groups is 1. The molecule has 1 aliphatic rings. The zero-order valence-corrected chi connectivity index (χ0v) is 15.9. The highest BCUT2D eigenvalue weighted by Gasteiger charge is 2.45. The molecule has 0 saturated carbocycles. The van der Waals surface area contributed by atoms with Crippen molar-refractivity contribution in [1.29, 1.82) is 0 Å². The Balaban J connectivity index is 2.13. The van der Waals surface area contributed by atoms with Gasteiger partial charge in [-0.15, -0.1) is 6.58 Å². The van der Waals surface area contributed by atoms with E-state index in [4.69, 9.17) is 0 Å². The first-order valence-corrected chi connectivity index (χ1v) is 8.71. The average molecular weight is 361 g/mol. The number of aliphatic imine (C=N–C) groups is 1. The largest absolute Gasteiger partial charge is 0.352 e. The second kappa shape index (κ2) is 7.15. The number of rotatable bonds is 4. The number of aromatic nitrogens is 2. The minimum atomic E-state index is -0.657. The topological polar surface area (TPSA) is 70.5 Å². The standard InChI is InChI=1S/C21H23N5O/c1-6-10-23-20(22-7-2)26-18-11-15(16-12-24-14(3)25-13-16)8-9-17(18)21(4,5)19(26)27/h6-9,11-13H,1-2,10H2,3-5H3,(H,22,23). The molecule has 0 bridgehead atoms. The van der Waals surface area contributed by atoms with Crippen molar-refractivity contribution in [2.45, 2.75) is 26.2 Å². The summed E-state index contributed by atoms with van der Waals surface area (Å²) in [5.74, 6) is 1.10. The van der Waals surface area contributed by atoms with Gasteiger partial charge < -0.3 is 5.32 Å². The lowest BCUT2D eigenvalue weighted by atomic mass is 9.85. The van der Waals surface area contributed by atoms with Gasteiger partial charge in [0.1, 0.15) is 5.82 Å². The van der Waals surface area contributed by atoms with Crippen LogP contribution in [0.5, 0.6) is 0 Å². The Bertz CT molecular complexity index is 928. The lowest BCUT2D eigenvalue weighted by Gasteiger charge is -2.22. The van der Waals surface area contributed by atoms with Crippen molar-refractivity contribution in [3.05, 3.63) is 67.4 Å². The van der Waals surface area contributed by atoms with E-state index in [1.165, 1.54) is 6.20 Å². The van der Waals surface area contributed by atoms with Crippen LogP contribution in [0.4, 0.5) is 5.69 Å². The predicted octanol–water partition coefficient (Wildman–Crippen LogP) is 3.35. The molecule has 1 amide bonds. The summed E-state index contributed by atoms with van der Waals surface area (Å²) < 4.78 is 0. The van der Waals surface area contributed by atoms with Crippen LogP contribution in [0.1, 0.15) is 25.2 Å². The van der Waals surface area contributed by atoms with Crippen LogP contribution < -0.4 is 10.2 Å². The zero-order valence-electron chi connectivity index (χ0n) is 15.9. The van der Waals surface area contributed by atoms with Crippen LogP contribution in [0.2, 0.25) is 0 Å². The molecule has 2 aromatic rings. The van der Waals surface area contributed by atoms with E-state index in [9.17, 15) is 4.79 Å². The Morgan fingerprint density at radius 1 is 1.26 bits per heavy atom. The lowest BCUT2D eigenvalue weighted by Crippen LogP contribution is -2.46. The Kier molecular flexibility index (Phi) is 4.90. The highest BCUT2D eigenvalue weighted by molar-refractivity contribution is 6.23. The molecular weight excluding hydrogens is 338 g/mol. The molecule has 1 aromatic carbocycles. The molecule has 0 saturated heterocycles. The van der Waals surface area contributed by atoms with E-state index in [1.807, 2.05) is 39.0 Å². The number of carbonyl (C=O) groups excluding carboxylic acids is 1. The highest BCUT2D eigenvalue weighted by atomic mass is 16.2. The first kappa shape index (κ1) is 18.5. The number of fused-ring (bicyclic) bond motifs is 1. The number of nitrogens with one attached hydrogen (secondary N) is 1. The summed E-state index contributed by atoms with van der Waals surface area (Å²) in [6.07, 6.45) is 6.70. The number of amides is 1. The van der Waals surface area contributed by atoms with E-state index in [0.29, 0.717) is 18.3 Å². The summed E-state index contributed by atoms with van der Waals surface area (Å²) in [7, 11) is 0. The molecule has 27 heavy (non-hydrogen) atoms. The molecule has 1 N–H and O–H groups in total. The van der Waals surface area contributed by atoms with Gasteiger partial charge in [-0.2, -0.15) is 0 Å². The van der Waals surface area contributed by atoms with Gasteiger partial charge in [0.05, 0.1) is 11.1 Å². The van der Waals surface area contributed by atoms with Crippen LogP contribution in [-0.4, -0.2) is 28.4 Å². The van der Waals surface area contributed by atoms with Crippen LogP contribution >= 0.6 is 0 Å². The second-order valence-electron chi connectivity index (χ2n) is 6.82. The number of hydrogen-bond donors (Lipinski definition) is 1. The van der Waals surface area contributed by atoms with Gasteiger partial charge in [-0.05, 0) is 38.0 Å². The Labute approximate surface area is 159 Å². The van der Waals surface area contributed by atoms with Crippen LogP contribution in [0, 0.1) is 6.92 Å². The van der Waals surface area contributed by atoms with E-state index < -0.39 is 5.41 Å². The fraction of sp³-hybridized carbons (Fsp3) is 0.238. The van der Waals surface area contributed by atoms with Gasteiger partial charge in [0.2, 0.25) is 11.9 Å². The number of hydrogen-bond acceptors (Lipinski definition) is 4. The SMILES string of the molecule is C=CCN/C(=N\C=C)N1C(=O)C(C)(C)c2ccc(-c3cnc(C)nc3)cc21. The molecule has 1 aliphatic heterocycles. The molecule has 6 heteroatoms. The first-order chi connectivity index (χ1) is 12.9. The van der Waals surface area contributed by atoms with Crippen molar-refractivity contribution < 1.29 is 4.79 Å². The summed E-state index contributed by atoms with van der Waals surface area (Å²) >= 11 is 0. The van der Waals surface area contributed by atoms with Gasteiger partial charge >= 0.3 is 0 Å². The first-order valence-electron chi connectivity index (χ1n) is 8.71. The number of anilines is 1. The maximum absolute atomic E-state index is 13.2. The van der Waals surface area contributed by atoms with E-state index in [-0.39, 0.29) is 5.91 Å². The normalized spacial score (nSPS) is 15.4. The molecule has 1 aromatic heterocycles. The van der Waals surface area contributed by atoms with Crippen LogP contribution in [0.25, 0.3) is 11.1 Å². The molecule has 0 fully saturated rings. The van der Waals surface area contributed by atoms with Crippen molar-refractivity contribution in [3.8, 4) is 11.1 Å². The van der Waals surface area contributed by atoms with Crippen molar-refractivity contribution in [1.82, 2.24) is 15.3 Å². The molecule has 0 atom stereocenters. The number of benzene rings is 1. The molecule has 0 unspecified atom stereocenters. The van der Waals surface area contributed by atoms with Crippen molar-refractivity contribution in [3.63, 3.8) is 0 Å². The Morgan fingerprint density at radius 3 is 2.59 bits per heavy atom.